The second-order valence-electron chi connectivity index (χ2n) is 5.97. The lowest BCUT2D eigenvalue weighted by atomic mass is 10.1. The first-order valence-electron chi connectivity index (χ1n) is 8.20. The van der Waals surface area contributed by atoms with Crippen molar-refractivity contribution in [3.8, 4) is 0 Å². The van der Waals surface area contributed by atoms with Gasteiger partial charge in [-0.1, -0.05) is 41.6 Å². The highest BCUT2D eigenvalue weighted by Gasteiger charge is 2.25. The van der Waals surface area contributed by atoms with Gasteiger partial charge in [0.15, 0.2) is 4.96 Å². The lowest BCUT2D eigenvalue weighted by molar-refractivity contribution is -0.110. The Morgan fingerprint density at radius 2 is 1.96 bits per heavy atom. The molecule has 0 fully saturated rings. The van der Waals surface area contributed by atoms with Crippen molar-refractivity contribution in [1.29, 1.82) is 0 Å². The summed E-state index contributed by atoms with van der Waals surface area (Å²) in [6, 6.07) is 15.4. The lowest BCUT2D eigenvalue weighted by Crippen LogP contribution is -2.03. The average Bonchev–Trinajstić information content (AvgIpc) is 3.32. The maximum Gasteiger partial charge on any atom is 0.256 e. The predicted molar refractivity (Wildman–Crippen MR) is 112 cm³/mol. The van der Waals surface area contributed by atoms with Crippen molar-refractivity contribution in [3.63, 3.8) is 0 Å². The first-order chi connectivity index (χ1) is 13.2. The zero-order valence-corrected chi connectivity index (χ0v) is 16.2. The summed E-state index contributed by atoms with van der Waals surface area (Å²) in [6.07, 6.45) is 3.90. The molecule has 0 unspecified atom stereocenters. The number of thiazole rings is 1. The second-order valence-corrected chi connectivity index (χ2v) is 8.34. The highest BCUT2D eigenvalue weighted by Crippen LogP contribution is 2.37. The SMILES string of the molecule is O=C1Nc2ccccc2/C1=C\c1c(Sc2ccc(Cl)cc2)nc2sccn12. The van der Waals surface area contributed by atoms with Gasteiger partial charge in [-0.05, 0) is 36.4 Å². The molecule has 5 rings (SSSR count). The third-order valence-electron chi connectivity index (χ3n) is 4.28. The molecule has 4 nitrogen and oxygen atoms in total. The Bertz CT molecular complexity index is 1210. The van der Waals surface area contributed by atoms with Crippen LogP contribution in [0.15, 0.2) is 70.0 Å². The van der Waals surface area contributed by atoms with Crippen LogP contribution in [-0.4, -0.2) is 15.3 Å². The number of para-hydroxylation sites is 1. The monoisotopic (exact) mass is 409 g/mol. The highest BCUT2D eigenvalue weighted by atomic mass is 35.5. The number of rotatable bonds is 3. The van der Waals surface area contributed by atoms with Crippen molar-refractivity contribution < 1.29 is 4.79 Å². The number of amides is 1. The van der Waals surface area contributed by atoms with Gasteiger partial charge in [-0.2, -0.15) is 0 Å². The Kier molecular flexibility index (Phi) is 4.04. The van der Waals surface area contributed by atoms with Crippen LogP contribution in [0.1, 0.15) is 11.3 Å². The number of hydrogen-bond acceptors (Lipinski definition) is 4. The van der Waals surface area contributed by atoms with Crippen LogP contribution in [0.5, 0.6) is 0 Å². The normalized spacial score (nSPS) is 14.7. The van der Waals surface area contributed by atoms with Gasteiger partial charge in [0.05, 0.1) is 11.3 Å². The first-order valence-corrected chi connectivity index (χ1v) is 10.3. The predicted octanol–water partition coefficient (Wildman–Crippen LogP) is 5.69. The molecular formula is C20H12ClN3OS2. The van der Waals surface area contributed by atoms with Gasteiger partial charge < -0.3 is 5.32 Å². The van der Waals surface area contributed by atoms with Crippen molar-refractivity contribution in [2.75, 3.05) is 5.32 Å². The zero-order chi connectivity index (χ0) is 18.4. The number of halogens is 1. The molecule has 0 atom stereocenters. The van der Waals surface area contributed by atoms with E-state index in [1.807, 2.05) is 70.6 Å². The molecule has 0 aliphatic carbocycles. The standard InChI is InChI=1S/C20H12ClN3OS2/c21-12-5-7-13(8-6-12)27-19-17(24-9-10-26-20(24)23-19)11-15-14-3-1-2-4-16(14)22-18(15)25/h1-11H,(H,22,25)/b15-11+. The molecule has 3 heterocycles. The maximum atomic E-state index is 12.5. The van der Waals surface area contributed by atoms with Gasteiger partial charge in [0, 0.05) is 32.7 Å². The van der Waals surface area contributed by atoms with E-state index in [1.54, 1.807) is 23.1 Å². The summed E-state index contributed by atoms with van der Waals surface area (Å²) in [5.74, 6) is -0.0937. The smallest absolute Gasteiger partial charge is 0.256 e. The van der Waals surface area contributed by atoms with Gasteiger partial charge in [-0.25, -0.2) is 4.98 Å². The molecule has 0 spiro atoms. The van der Waals surface area contributed by atoms with Gasteiger partial charge in [0.2, 0.25) is 0 Å². The minimum absolute atomic E-state index is 0.0937. The van der Waals surface area contributed by atoms with E-state index in [0.717, 1.165) is 31.8 Å². The molecule has 1 aliphatic rings. The van der Waals surface area contributed by atoms with E-state index in [9.17, 15) is 4.79 Å². The summed E-state index contributed by atoms with van der Waals surface area (Å²) in [7, 11) is 0. The van der Waals surface area contributed by atoms with Crippen molar-refractivity contribution in [1.82, 2.24) is 9.38 Å². The summed E-state index contributed by atoms with van der Waals surface area (Å²) < 4.78 is 2.02. The lowest BCUT2D eigenvalue weighted by Gasteiger charge is -2.02. The number of fused-ring (bicyclic) bond motifs is 2. The number of nitrogens with one attached hydrogen (secondary N) is 1. The highest BCUT2D eigenvalue weighted by molar-refractivity contribution is 7.99. The molecule has 0 saturated heterocycles. The van der Waals surface area contributed by atoms with Gasteiger partial charge in [-0.15, -0.1) is 11.3 Å². The molecule has 2 aromatic carbocycles. The summed E-state index contributed by atoms with van der Waals surface area (Å²) in [6.45, 7) is 0. The van der Waals surface area contributed by atoms with Crippen LogP contribution in [-0.2, 0) is 4.79 Å². The molecule has 0 saturated carbocycles. The molecule has 7 heteroatoms. The number of aromatic nitrogens is 2. The maximum absolute atomic E-state index is 12.5. The minimum Gasteiger partial charge on any atom is -0.321 e. The van der Waals surface area contributed by atoms with Gasteiger partial charge in [0.25, 0.3) is 5.91 Å². The number of benzene rings is 2. The fourth-order valence-electron chi connectivity index (χ4n) is 3.02. The molecule has 1 aliphatic heterocycles. The van der Waals surface area contributed by atoms with Crippen LogP contribution in [0, 0.1) is 0 Å². The van der Waals surface area contributed by atoms with E-state index in [1.165, 1.54) is 0 Å². The molecule has 1 N–H and O–H groups in total. The zero-order valence-electron chi connectivity index (χ0n) is 13.8. The molecule has 0 radical (unpaired) electrons. The van der Waals surface area contributed by atoms with E-state index >= 15 is 0 Å². The number of imidazole rings is 1. The summed E-state index contributed by atoms with van der Waals surface area (Å²) >= 11 is 9.11. The quantitative estimate of drug-likeness (QED) is 0.442. The topological polar surface area (TPSA) is 46.4 Å². The molecule has 2 aromatic heterocycles. The average molecular weight is 410 g/mol. The second kappa shape index (κ2) is 6.56. The van der Waals surface area contributed by atoms with Crippen LogP contribution in [0.25, 0.3) is 16.6 Å². The van der Waals surface area contributed by atoms with Crippen LogP contribution in [0.3, 0.4) is 0 Å². The third-order valence-corrected chi connectivity index (χ3v) is 6.29. The molecule has 0 bridgehead atoms. The number of nitrogens with zero attached hydrogens (tertiary/aromatic N) is 2. The number of hydrogen-bond donors (Lipinski definition) is 1. The first kappa shape index (κ1) is 16.6. The molecule has 132 valence electrons. The summed E-state index contributed by atoms with van der Waals surface area (Å²) in [4.78, 5) is 19.2. The minimum atomic E-state index is -0.0937. The van der Waals surface area contributed by atoms with Crippen LogP contribution < -0.4 is 5.32 Å². The molecule has 1 amide bonds. The van der Waals surface area contributed by atoms with E-state index in [-0.39, 0.29) is 5.91 Å². The van der Waals surface area contributed by atoms with E-state index in [2.05, 4.69) is 5.32 Å². The molecule has 27 heavy (non-hydrogen) atoms. The Morgan fingerprint density at radius 3 is 2.81 bits per heavy atom. The largest absolute Gasteiger partial charge is 0.321 e. The number of anilines is 1. The van der Waals surface area contributed by atoms with Crippen molar-refractivity contribution in [2.45, 2.75) is 9.92 Å². The van der Waals surface area contributed by atoms with Crippen molar-refractivity contribution >= 4 is 62.9 Å². The fourth-order valence-corrected chi connectivity index (χ4v) is 4.82. The summed E-state index contributed by atoms with van der Waals surface area (Å²) in [5, 5.41) is 6.47. The van der Waals surface area contributed by atoms with E-state index in [0.29, 0.717) is 10.6 Å². The van der Waals surface area contributed by atoms with Crippen LogP contribution in [0.2, 0.25) is 5.02 Å². The van der Waals surface area contributed by atoms with Crippen LogP contribution >= 0.6 is 34.7 Å². The summed E-state index contributed by atoms with van der Waals surface area (Å²) in [5.41, 5.74) is 3.30. The van der Waals surface area contributed by atoms with Crippen molar-refractivity contribution in [3.05, 3.63) is 76.4 Å². The Balaban J connectivity index is 1.63. The number of carbonyl (C=O) groups excluding carboxylic acids is 1. The van der Waals surface area contributed by atoms with E-state index in [4.69, 9.17) is 16.6 Å². The van der Waals surface area contributed by atoms with Gasteiger partial charge in [0.1, 0.15) is 5.03 Å². The number of carbonyl (C=O) groups is 1. The fraction of sp³-hybridized carbons (Fsp3) is 0. The van der Waals surface area contributed by atoms with Gasteiger partial charge in [-0.3, -0.25) is 9.20 Å². The Hall–Kier alpha value is -2.54. The van der Waals surface area contributed by atoms with Crippen molar-refractivity contribution in [2.24, 2.45) is 0 Å². The van der Waals surface area contributed by atoms with Crippen LogP contribution in [0.4, 0.5) is 5.69 Å². The molecular weight excluding hydrogens is 398 g/mol. The molecule has 4 aromatic rings. The Labute approximate surface area is 168 Å². The third kappa shape index (κ3) is 2.96. The van der Waals surface area contributed by atoms with Gasteiger partial charge >= 0.3 is 0 Å². The Morgan fingerprint density at radius 1 is 1.15 bits per heavy atom. The van der Waals surface area contributed by atoms with E-state index < -0.39 is 0 Å².